The molecule has 1 fully saturated rings. The van der Waals surface area contributed by atoms with Crippen LogP contribution in [0.3, 0.4) is 0 Å². The molecule has 2 aliphatic carbocycles. The zero-order chi connectivity index (χ0) is 16.8. The third kappa shape index (κ3) is 2.35. The van der Waals surface area contributed by atoms with Crippen molar-refractivity contribution in [2.45, 2.75) is 73.6 Å². The monoisotopic (exact) mass is 304 g/mol. The van der Waals surface area contributed by atoms with Crippen molar-refractivity contribution < 1.29 is 9.90 Å². The predicted octanol–water partition coefficient (Wildman–Crippen LogP) is 5.60. The molecule has 0 aromatic carbocycles. The smallest absolute Gasteiger partial charge is 0.307 e. The van der Waals surface area contributed by atoms with E-state index in [-0.39, 0.29) is 22.2 Å². The third-order valence-electron chi connectivity index (χ3n) is 7.01. The second-order valence-corrected chi connectivity index (χ2v) is 8.61. The second-order valence-electron chi connectivity index (χ2n) is 8.61. The van der Waals surface area contributed by atoms with Gasteiger partial charge in [0.1, 0.15) is 0 Å². The number of fused-ring (bicyclic) bond motifs is 1. The average molecular weight is 304 g/mol. The summed E-state index contributed by atoms with van der Waals surface area (Å²) in [6.07, 6.45) is 9.50. The minimum absolute atomic E-state index is 0.0171. The molecule has 0 spiro atoms. The molecule has 0 radical (unpaired) electrons. The summed E-state index contributed by atoms with van der Waals surface area (Å²) in [6, 6.07) is 0. The molecule has 0 aromatic rings. The maximum atomic E-state index is 12.0. The summed E-state index contributed by atoms with van der Waals surface area (Å²) in [6.45, 7) is 13.5. The van der Waals surface area contributed by atoms with E-state index in [1.165, 1.54) is 11.1 Å². The van der Waals surface area contributed by atoms with Gasteiger partial charge in [-0.25, -0.2) is 0 Å². The molecule has 2 nitrogen and oxygen atoms in total. The molecule has 2 heteroatoms. The Balaban J connectivity index is 2.48. The number of hydrogen-bond donors (Lipinski definition) is 1. The number of carbonyl (C=O) groups is 1. The molecule has 2 rings (SSSR count). The summed E-state index contributed by atoms with van der Waals surface area (Å²) < 4.78 is 0. The summed E-state index contributed by atoms with van der Waals surface area (Å²) >= 11 is 0. The summed E-state index contributed by atoms with van der Waals surface area (Å²) in [4.78, 5) is 12.0. The number of allylic oxidation sites excluding steroid dienone is 4. The van der Waals surface area contributed by atoms with Crippen LogP contribution < -0.4 is 0 Å². The van der Waals surface area contributed by atoms with Gasteiger partial charge in [0.25, 0.3) is 0 Å². The lowest BCUT2D eigenvalue weighted by Crippen LogP contribution is -2.50. The van der Waals surface area contributed by atoms with Gasteiger partial charge in [0, 0.05) is 0 Å². The summed E-state index contributed by atoms with van der Waals surface area (Å²) in [5.41, 5.74) is 2.67. The Morgan fingerprint density at radius 1 is 1.32 bits per heavy atom. The van der Waals surface area contributed by atoms with E-state index in [9.17, 15) is 9.90 Å². The van der Waals surface area contributed by atoms with Crippen molar-refractivity contribution >= 4 is 5.97 Å². The van der Waals surface area contributed by atoms with Crippen molar-refractivity contribution in [2.75, 3.05) is 0 Å². The lowest BCUT2D eigenvalue weighted by molar-refractivity contribution is -0.149. The van der Waals surface area contributed by atoms with Crippen molar-refractivity contribution in [3.05, 3.63) is 23.3 Å². The molecule has 1 saturated carbocycles. The molecule has 0 amide bonds. The number of carboxylic acids is 1. The van der Waals surface area contributed by atoms with Gasteiger partial charge in [-0.15, -0.1) is 0 Å². The second kappa shape index (κ2) is 5.54. The zero-order valence-corrected chi connectivity index (χ0v) is 15.1. The summed E-state index contributed by atoms with van der Waals surface area (Å²) in [5.74, 6) is -0.876. The Bertz CT molecular complexity index is 522. The van der Waals surface area contributed by atoms with Gasteiger partial charge in [-0.1, -0.05) is 51.0 Å². The molecule has 0 aromatic heterocycles. The molecule has 2 aliphatic rings. The molecular formula is C20H32O2. The van der Waals surface area contributed by atoms with Crippen LogP contribution in [0.2, 0.25) is 0 Å². The van der Waals surface area contributed by atoms with Gasteiger partial charge < -0.3 is 5.11 Å². The van der Waals surface area contributed by atoms with Crippen LogP contribution in [0.1, 0.15) is 73.6 Å². The van der Waals surface area contributed by atoms with Crippen molar-refractivity contribution in [1.82, 2.24) is 0 Å². The molecule has 0 saturated heterocycles. The molecule has 124 valence electrons. The Labute approximate surface area is 135 Å². The minimum Gasteiger partial charge on any atom is -0.481 e. The van der Waals surface area contributed by atoms with Gasteiger partial charge in [-0.2, -0.15) is 0 Å². The van der Waals surface area contributed by atoms with E-state index in [2.05, 4.69) is 53.7 Å². The first-order chi connectivity index (χ1) is 10.1. The van der Waals surface area contributed by atoms with Gasteiger partial charge in [-0.3, -0.25) is 4.79 Å². The topological polar surface area (TPSA) is 37.3 Å². The van der Waals surface area contributed by atoms with Crippen LogP contribution in [0.5, 0.6) is 0 Å². The van der Waals surface area contributed by atoms with E-state index in [4.69, 9.17) is 0 Å². The lowest BCUT2D eigenvalue weighted by atomic mass is 9.48. The number of aliphatic carboxylic acids is 1. The van der Waals surface area contributed by atoms with E-state index in [0.29, 0.717) is 0 Å². The fourth-order valence-electron chi connectivity index (χ4n) is 5.16. The molecule has 3 unspecified atom stereocenters. The van der Waals surface area contributed by atoms with Gasteiger partial charge in [0.15, 0.2) is 0 Å². The number of rotatable bonds is 4. The highest BCUT2D eigenvalue weighted by atomic mass is 16.4. The molecule has 0 heterocycles. The predicted molar refractivity (Wildman–Crippen MR) is 91.7 cm³/mol. The average Bonchev–Trinajstić information content (AvgIpc) is 2.61. The zero-order valence-electron chi connectivity index (χ0n) is 15.1. The molecular weight excluding hydrogens is 272 g/mol. The lowest BCUT2D eigenvalue weighted by Gasteiger charge is -2.55. The normalized spacial score (nSPS) is 36.5. The van der Waals surface area contributed by atoms with E-state index in [1.807, 2.05) is 0 Å². The fraction of sp³-hybridized carbons (Fsp3) is 0.750. The van der Waals surface area contributed by atoms with Gasteiger partial charge in [0.2, 0.25) is 0 Å². The van der Waals surface area contributed by atoms with E-state index in [1.54, 1.807) is 0 Å². The summed E-state index contributed by atoms with van der Waals surface area (Å²) in [7, 11) is 0. The van der Waals surface area contributed by atoms with Crippen LogP contribution in [0.15, 0.2) is 23.3 Å². The minimum atomic E-state index is -0.618. The number of carboxylic acid groups (broad SMARTS) is 1. The van der Waals surface area contributed by atoms with E-state index in [0.717, 1.165) is 32.1 Å². The van der Waals surface area contributed by atoms with Crippen LogP contribution in [0.25, 0.3) is 0 Å². The molecule has 22 heavy (non-hydrogen) atoms. The maximum absolute atomic E-state index is 12.0. The molecule has 1 N–H and O–H groups in total. The van der Waals surface area contributed by atoms with Gasteiger partial charge in [-0.05, 0) is 62.2 Å². The Morgan fingerprint density at radius 2 is 1.95 bits per heavy atom. The first kappa shape index (κ1) is 17.3. The quantitative estimate of drug-likeness (QED) is 0.687. The first-order valence-corrected chi connectivity index (χ1v) is 8.62. The highest BCUT2D eigenvalue weighted by Gasteiger charge is 2.64. The van der Waals surface area contributed by atoms with Crippen molar-refractivity contribution in [1.29, 1.82) is 0 Å². The molecule has 0 bridgehead atoms. The van der Waals surface area contributed by atoms with E-state index >= 15 is 0 Å². The van der Waals surface area contributed by atoms with Gasteiger partial charge in [0.05, 0.1) is 5.92 Å². The Morgan fingerprint density at radius 3 is 2.50 bits per heavy atom. The van der Waals surface area contributed by atoms with Crippen molar-refractivity contribution in [3.8, 4) is 0 Å². The van der Waals surface area contributed by atoms with Crippen LogP contribution >= 0.6 is 0 Å². The third-order valence-corrected chi connectivity index (χ3v) is 7.01. The first-order valence-electron chi connectivity index (χ1n) is 8.62. The van der Waals surface area contributed by atoms with E-state index < -0.39 is 5.97 Å². The van der Waals surface area contributed by atoms with Gasteiger partial charge >= 0.3 is 5.97 Å². The van der Waals surface area contributed by atoms with Crippen LogP contribution in [0, 0.1) is 22.2 Å². The SMILES string of the molecule is CC(C)=CCCC1(C)C(C(=O)O)CC2=CCCC(C)(C)C21C. The number of hydrogen-bond acceptors (Lipinski definition) is 1. The van der Waals surface area contributed by atoms with Crippen molar-refractivity contribution in [2.24, 2.45) is 22.2 Å². The maximum Gasteiger partial charge on any atom is 0.307 e. The summed E-state index contributed by atoms with van der Waals surface area (Å²) in [5, 5.41) is 9.85. The molecule has 0 aliphatic heterocycles. The fourth-order valence-corrected chi connectivity index (χ4v) is 5.16. The highest BCUT2D eigenvalue weighted by Crippen LogP contribution is 2.70. The Kier molecular flexibility index (Phi) is 4.36. The van der Waals surface area contributed by atoms with Crippen LogP contribution in [-0.2, 0) is 4.79 Å². The van der Waals surface area contributed by atoms with Crippen LogP contribution in [-0.4, -0.2) is 11.1 Å². The van der Waals surface area contributed by atoms with Crippen LogP contribution in [0.4, 0.5) is 0 Å². The largest absolute Gasteiger partial charge is 0.481 e. The Hall–Kier alpha value is -1.05. The highest BCUT2D eigenvalue weighted by molar-refractivity contribution is 5.73. The standard InChI is InChI=1S/C20H32O2/c1-14(2)9-7-12-19(5)16(17(21)22)13-15-10-8-11-18(3,4)20(15,19)6/h9-10,16H,7-8,11-13H2,1-6H3,(H,21,22). The molecule has 3 atom stereocenters. The van der Waals surface area contributed by atoms with Crippen molar-refractivity contribution in [3.63, 3.8) is 0 Å².